The molecule has 0 N–H and O–H groups in total. The zero-order chi connectivity index (χ0) is 9.26. The highest BCUT2D eigenvalue weighted by molar-refractivity contribution is 6.24. The van der Waals surface area contributed by atoms with Crippen LogP contribution in [0.5, 0.6) is 0 Å². The maximum atomic E-state index is 11.0. The smallest absolute Gasteiger partial charge is 0.336 e. The second-order valence-electron chi connectivity index (χ2n) is 2.81. The summed E-state index contributed by atoms with van der Waals surface area (Å²) in [6, 6.07) is 9.28. The molecule has 0 aromatic heterocycles. The fourth-order valence-corrected chi connectivity index (χ4v) is 1.22. The Bertz CT molecular complexity index is 356. The molecule has 0 unspecified atom stereocenters. The monoisotopic (exact) mass is 175 g/mol. The average molecular weight is 175 g/mol. The molecule has 0 bridgehead atoms. The number of esters is 1. The van der Waals surface area contributed by atoms with E-state index < -0.39 is 0 Å². The van der Waals surface area contributed by atoms with E-state index in [0.717, 1.165) is 11.3 Å². The van der Waals surface area contributed by atoms with Crippen molar-refractivity contribution < 1.29 is 9.53 Å². The molecule has 0 fully saturated rings. The molecule has 0 saturated heterocycles. The summed E-state index contributed by atoms with van der Waals surface area (Å²) in [4.78, 5) is 15.1. The summed E-state index contributed by atoms with van der Waals surface area (Å²) in [5.41, 5.74) is 1.82. The predicted octanol–water partition coefficient (Wildman–Crippen LogP) is 1.03. The van der Waals surface area contributed by atoms with Crippen molar-refractivity contribution in [1.82, 2.24) is 0 Å². The standard InChI is InChI=1S/C10H9NO2/c1-13-10(12)9-8(11-9)7-5-3-2-4-6-7/h2-6,9H,1H3/t9-/m1/s1. The minimum Gasteiger partial charge on any atom is -0.467 e. The van der Waals surface area contributed by atoms with Gasteiger partial charge in [-0.15, -0.1) is 0 Å². The van der Waals surface area contributed by atoms with Crippen molar-refractivity contribution in [2.75, 3.05) is 7.11 Å². The number of carbonyl (C=O) groups excluding carboxylic acids is 1. The van der Waals surface area contributed by atoms with Crippen LogP contribution in [-0.2, 0) is 9.53 Å². The summed E-state index contributed by atoms with van der Waals surface area (Å²) in [5, 5.41) is 0. The largest absolute Gasteiger partial charge is 0.467 e. The lowest BCUT2D eigenvalue weighted by molar-refractivity contribution is -0.139. The lowest BCUT2D eigenvalue weighted by Crippen LogP contribution is -2.14. The van der Waals surface area contributed by atoms with Crippen molar-refractivity contribution in [3.8, 4) is 0 Å². The third-order valence-electron chi connectivity index (χ3n) is 1.95. The van der Waals surface area contributed by atoms with Crippen LogP contribution < -0.4 is 0 Å². The van der Waals surface area contributed by atoms with Crippen LogP contribution >= 0.6 is 0 Å². The van der Waals surface area contributed by atoms with Gasteiger partial charge in [0.25, 0.3) is 0 Å². The van der Waals surface area contributed by atoms with Crippen LogP contribution in [0.1, 0.15) is 5.56 Å². The number of aliphatic imine (C=N–C) groups is 1. The van der Waals surface area contributed by atoms with Gasteiger partial charge in [0.1, 0.15) is 0 Å². The van der Waals surface area contributed by atoms with E-state index in [0.29, 0.717) is 0 Å². The van der Waals surface area contributed by atoms with E-state index in [9.17, 15) is 4.79 Å². The second kappa shape index (κ2) is 3.01. The molecule has 66 valence electrons. The molecule has 1 aromatic carbocycles. The SMILES string of the molecule is COC(=O)[C@@H]1N=C1c1ccccc1. The minimum atomic E-state index is -0.354. The molecule has 0 radical (unpaired) electrons. The minimum absolute atomic E-state index is 0.279. The molecule has 2 rings (SSSR count). The summed E-state index contributed by atoms with van der Waals surface area (Å²) in [7, 11) is 1.37. The second-order valence-corrected chi connectivity index (χ2v) is 2.81. The zero-order valence-electron chi connectivity index (χ0n) is 7.23. The van der Waals surface area contributed by atoms with Gasteiger partial charge < -0.3 is 4.74 Å². The summed E-state index contributed by atoms with van der Waals surface area (Å²) in [6.45, 7) is 0. The first-order valence-corrected chi connectivity index (χ1v) is 4.04. The molecule has 13 heavy (non-hydrogen) atoms. The van der Waals surface area contributed by atoms with Crippen LogP contribution in [0.4, 0.5) is 0 Å². The number of rotatable bonds is 2. The van der Waals surface area contributed by atoms with Crippen molar-refractivity contribution in [2.45, 2.75) is 6.04 Å². The number of nitrogens with zero attached hydrogens (tertiary/aromatic N) is 1. The lowest BCUT2D eigenvalue weighted by atomic mass is 10.1. The van der Waals surface area contributed by atoms with Crippen LogP contribution in [0.25, 0.3) is 0 Å². The van der Waals surface area contributed by atoms with Gasteiger partial charge in [-0.1, -0.05) is 30.3 Å². The van der Waals surface area contributed by atoms with Gasteiger partial charge in [-0.3, -0.25) is 4.99 Å². The number of ether oxygens (including phenoxy) is 1. The molecule has 1 aromatic rings. The van der Waals surface area contributed by atoms with Gasteiger partial charge in [-0.2, -0.15) is 0 Å². The Morgan fingerprint density at radius 3 is 2.69 bits per heavy atom. The van der Waals surface area contributed by atoms with E-state index in [1.807, 2.05) is 30.3 Å². The van der Waals surface area contributed by atoms with Crippen molar-refractivity contribution in [2.24, 2.45) is 4.99 Å². The van der Waals surface area contributed by atoms with Crippen molar-refractivity contribution >= 4 is 11.7 Å². The zero-order valence-corrected chi connectivity index (χ0v) is 7.23. The third-order valence-corrected chi connectivity index (χ3v) is 1.95. The molecule has 0 saturated carbocycles. The summed E-state index contributed by atoms with van der Waals surface area (Å²) in [6.07, 6.45) is 0. The number of hydrogen-bond donors (Lipinski definition) is 0. The van der Waals surface area contributed by atoms with Crippen molar-refractivity contribution in [3.63, 3.8) is 0 Å². The maximum absolute atomic E-state index is 11.0. The summed E-state index contributed by atoms with van der Waals surface area (Å²) >= 11 is 0. The van der Waals surface area contributed by atoms with Gasteiger partial charge in [0.05, 0.1) is 12.8 Å². The van der Waals surface area contributed by atoms with Gasteiger partial charge >= 0.3 is 5.97 Å². The highest BCUT2D eigenvalue weighted by atomic mass is 16.5. The predicted molar refractivity (Wildman–Crippen MR) is 48.8 cm³/mol. The van der Waals surface area contributed by atoms with E-state index in [2.05, 4.69) is 9.73 Å². The van der Waals surface area contributed by atoms with E-state index >= 15 is 0 Å². The van der Waals surface area contributed by atoms with Gasteiger partial charge in [0.15, 0.2) is 6.04 Å². The first-order chi connectivity index (χ1) is 6.33. The van der Waals surface area contributed by atoms with Crippen molar-refractivity contribution in [3.05, 3.63) is 35.9 Å². The fourth-order valence-electron chi connectivity index (χ4n) is 1.22. The molecule has 0 amide bonds. The molecular weight excluding hydrogens is 166 g/mol. The Morgan fingerprint density at radius 1 is 1.38 bits per heavy atom. The summed E-state index contributed by atoms with van der Waals surface area (Å²) < 4.78 is 4.57. The molecule has 0 spiro atoms. The van der Waals surface area contributed by atoms with E-state index in [1.165, 1.54) is 7.11 Å². The highest BCUT2D eigenvalue weighted by Crippen LogP contribution is 2.20. The van der Waals surface area contributed by atoms with Gasteiger partial charge in [-0.25, -0.2) is 4.79 Å². The van der Waals surface area contributed by atoms with Crippen molar-refractivity contribution in [1.29, 1.82) is 0 Å². The Balaban J connectivity index is 2.08. The van der Waals surface area contributed by atoms with Gasteiger partial charge in [0, 0.05) is 0 Å². The first kappa shape index (κ1) is 7.98. The number of carbonyl (C=O) groups is 1. The normalized spacial score (nSPS) is 19.2. The van der Waals surface area contributed by atoms with Gasteiger partial charge in [0.2, 0.25) is 0 Å². The Hall–Kier alpha value is -1.64. The van der Waals surface area contributed by atoms with Crippen LogP contribution in [0.2, 0.25) is 0 Å². The molecule has 3 heteroatoms. The topological polar surface area (TPSA) is 38.7 Å². The van der Waals surface area contributed by atoms with E-state index in [-0.39, 0.29) is 12.0 Å². The van der Waals surface area contributed by atoms with E-state index in [4.69, 9.17) is 0 Å². The molecule has 0 aliphatic carbocycles. The molecule has 1 aliphatic rings. The Morgan fingerprint density at radius 2 is 2.08 bits per heavy atom. The number of methoxy groups -OCH3 is 1. The first-order valence-electron chi connectivity index (χ1n) is 4.04. The third kappa shape index (κ3) is 1.45. The fraction of sp³-hybridized carbons (Fsp3) is 0.200. The van der Waals surface area contributed by atoms with Crippen LogP contribution in [-0.4, -0.2) is 24.8 Å². The quantitative estimate of drug-likeness (QED) is 0.630. The molecular formula is C10H9NO2. The molecule has 1 heterocycles. The summed E-state index contributed by atoms with van der Waals surface area (Å²) in [5.74, 6) is -0.279. The van der Waals surface area contributed by atoms with E-state index in [1.54, 1.807) is 0 Å². The Labute approximate surface area is 76.1 Å². The lowest BCUT2D eigenvalue weighted by Gasteiger charge is -1.94. The highest BCUT2D eigenvalue weighted by Gasteiger charge is 2.36. The average Bonchev–Trinajstić information content (AvgIpc) is 2.98. The Kier molecular flexibility index (Phi) is 1.85. The number of benzene rings is 1. The number of hydrogen-bond acceptors (Lipinski definition) is 3. The van der Waals surface area contributed by atoms with Gasteiger partial charge in [-0.05, 0) is 5.56 Å². The molecule has 1 aliphatic heterocycles. The van der Waals surface area contributed by atoms with Crippen LogP contribution in [0.3, 0.4) is 0 Å². The molecule has 3 nitrogen and oxygen atoms in total. The molecule has 1 atom stereocenters. The van der Waals surface area contributed by atoms with Crippen LogP contribution in [0, 0.1) is 0 Å². The van der Waals surface area contributed by atoms with Crippen LogP contribution in [0.15, 0.2) is 35.3 Å². The maximum Gasteiger partial charge on any atom is 0.336 e.